The predicted octanol–water partition coefficient (Wildman–Crippen LogP) is 3.86. The fourth-order valence-electron chi connectivity index (χ4n) is 3.08. The summed E-state index contributed by atoms with van der Waals surface area (Å²) in [5, 5.41) is 0. The van der Waals surface area contributed by atoms with E-state index in [4.69, 9.17) is 10.5 Å². The zero-order valence-corrected chi connectivity index (χ0v) is 11.9. The lowest BCUT2D eigenvalue weighted by Gasteiger charge is -2.41. The molecule has 1 unspecified atom stereocenters. The van der Waals surface area contributed by atoms with Gasteiger partial charge in [-0.15, -0.1) is 0 Å². The van der Waals surface area contributed by atoms with Gasteiger partial charge in [0.2, 0.25) is 0 Å². The summed E-state index contributed by atoms with van der Waals surface area (Å²) < 4.78 is 6.36. The van der Waals surface area contributed by atoms with Crippen LogP contribution in [0.2, 0.25) is 0 Å². The van der Waals surface area contributed by atoms with E-state index in [1.54, 1.807) is 0 Å². The molecular formula is C18H21NO. The number of hydrogen-bond donors (Lipinski definition) is 1. The van der Waals surface area contributed by atoms with Gasteiger partial charge in [0.05, 0.1) is 0 Å². The van der Waals surface area contributed by atoms with Gasteiger partial charge < -0.3 is 10.5 Å². The van der Waals surface area contributed by atoms with E-state index >= 15 is 0 Å². The van der Waals surface area contributed by atoms with Gasteiger partial charge in [0.25, 0.3) is 0 Å². The van der Waals surface area contributed by atoms with Crippen molar-refractivity contribution in [3.63, 3.8) is 0 Å². The molecule has 0 bridgehead atoms. The highest BCUT2D eigenvalue weighted by Gasteiger charge is 2.38. The molecule has 0 fully saturated rings. The van der Waals surface area contributed by atoms with Crippen molar-refractivity contribution in [2.24, 2.45) is 5.73 Å². The molecule has 2 atom stereocenters. The molecule has 2 aromatic carbocycles. The number of hydrogen-bond acceptors (Lipinski definition) is 2. The lowest BCUT2D eigenvalue weighted by atomic mass is 9.81. The van der Waals surface area contributed by atoms with Gasteiger partial charge in [-0.2, -0.15) is 0 Å². The molecule has 2 N–H and O–H groups in total. The van der Waals surface area contributed by atoms with Crippen LogP contribution in [-0.2, 0) is 6.42 Å². The monoisotopic (exact) mass is 267 g/mol. The van der Waals surface area contributed by atoms with Gasteiger partial charge in [0.15, 0.2) is 0 Å². The maximum Gasteiger partial charge on any atom is 0.124 e. The van der Waals surface area contributed by atoms with Crippen molar-refractivity contribution >= 4 is 0 Å². The lowest BCUT2D eigenvalue weighted by Crippen LogP contribution is -2.44. The Morgan fingerprint density at radius 1 is 1.10 bits per heavy atom. The van der Waals surface area contributed by atoms with Crippen LogP contribution in [0.3, 0.4) is 0 Å². The Morgan fingerprint density at radius 2 is 1.80 bits per heavy atom. The Bertz CT molecular complexity index is 581. The van der Waals surface area contributed by atoms with E-state index in [1.165, 1.54) is 5.56 Å². The summed E-state index contributed by atoms with van der Waals surface area (Å²) in [7, 11) is 0. The van der Waals surface area contributed by atoms with Crippen molar-refractivity contribution in [2.45, 2.75) is 37.8 Å². The van der Waals surface area contributed by atoms with Crippen molar-refractivity contribution in [2.75, 3.05) is 0 Å². The summed E-state index contributed by atoms with van der Waals surface area (Å²) in [5.74, 6) is 0.948. The van der Waals surface area contributed by atoms with E-state index in [2.05, 4.69) is 37.3 Å². The minimum absolute atomic E-state index is 0.0589. The first-order valence-electron chi connectivity index (χ1n) is 7.30. The second-order valence-electron chi connectivity index (χ2n) is 5.65. The van der Waals surface area contributed by atoms with Crippen LogP contribution < -0.4 is 10.5 Å². The molecule has 0 amide bonds. The quantitative estimate of drug-likeness (QED) is 0.916. The zero-order valence-electron chi connectivity index (χ0n) is 11.9. The van der Waals surface area contributed by atoms with Crippen molar-refractivity contribution in [1.29, 1.82) is 0 Å². The Kier molecular flexibility index (Phi) is 3.49. The van der Waals surface area contributed by atoms with Crippen LogP contribution in [0.15, 0.2) is 54.6 Å². The molecule has 104 valence electrons. The van der Waals surface area contributed by atoms with E-state index in [1.807, 2.05) is 24.3 Å². The Labute approximate surface area is 120 Å². The van der Waals surface area contributed by atoms with Crippen LogP contribution in [-0.4, -0.2) is 5.60 Å². The third-order valence-corrected chi connectivity index (χ3v) is 4.25. The number of rotatable bonds is 3. The maximum absolute atomic E-state index is 6.37. The molecule has 0 aliphatic carbocycles. The number of para-hydroxylation sites is 1. The first-order chi connectivity index (χ1) is 9.72. The summed E-state index contributed by atoms with van der Waals surface area (Å²) in [6, 6.07) is 18.7. The molecule has 2 heteroatoms. The average Bonchev–Trinajstić information content (AvgIpc) is 2.48. The topological polar surface area (TPSA) is 35.2 Å². The summed E-state index contributed by atoms with van der Waals surface area (Å²) in [5.41, 5.74) is 8.62. The summed E-state index contributed by atoms with van der Waals surface area (Å²) in [4.78, 5) is 0. The van der Waals surface area contributed by atoms with Gasteiger partial charge in [-0.1, -0.05) is 55.5 Å². The number of fused-ring (bicyclic) bond motifs is 1. The molecule has 20 heavy (non-hydrogen) atoms. The molecule has 1 aliphatic rings. The Hall–Kier alpha value is -1.80. The zero-order chi connectivity index (χ0) is 14.0. The molecule has 0 radical (unpaired) electrons. The van der Waals surface area contributed by atoms with Crippen molar-refractivity contribution in [3.8, 4) is 5.75 Å². The van der Waals surface area contributed by atoms with Crippen LogP contribution in [0.5, 0.6) is 5.75 Å². The molecule has 3 rings (SSSR count). The maximum atomic E-state index is 6.37. The molecule has 0 saturated heterocycles. The first-order valence-corrected chi connectivity index (χ1v) is 7.30. The number of nitrogens with two attached hydrogens (primary N) is 1. The lowest BCUT2D eigenvalue weighted by molar-refractivity contribution is 0.0321. The first kappa shape index (κ1) is 13.2. The van der Waals surface area contributed by atoms with E-state index in [-0.39, 0.29) is 11.6 Å². The Balaban J connectivity index is 1.91. The van der Waals surface area contributed by atoms with Gasteiger partial charge >= 0.3 is 0 Å². The summed E-state index contributed by atoms with van der Waals surface area (Å²) in [6.45, 7) is 2.18. The largest absolute Gasteiger partial charge is 0.487 e. The van der Waals surface area contributed by atoms with Gasteiger partial charge in [-0.05, 0) is 18.1 Å². The van der Waals surface area contributed by atoms with Gasteiger partial charge in [0, 0.05) is 24.4 Å². The van der Waals surface area contributed by atoms with Gasteiger partial charge in [-0.25, -0.2) is 0 Å². The molecule has 1 heterocycles. The smallest absolute Gasteiger partial charge is 0.124 e. The van der Waals surface area contributed by atoms with E-state index in [9.17, 15) is 0 Å². The van der Waals surface area contributed by atoms with Crippen LogP contribution >= 0.6 is 0 Å². The fraction of sp³-hybridized carbons (Fsp3) is 0.333. The number of ether oxygens (including phenoxy) is 1. The molecule has 0 saturated carbocycles. The van der Waals surface area contributed by atoms with Crippen molar-refractivity contribution < 1.29 is 4.74 Å². The molecule has 0 spiro atoms. The normalized spacial score (nSPS) is 24.8. The van der Waals surface area contributed by atoms with Crippen LogP contribution in [0.25, 0.3) is 0 Å². The van der Waals surface area contributed by atoms with Gasteiger partial charge in [0.1, 0.15) is 11.4 Å². The summed E-state index contributed by atoms with van der Waals surface area (Å²) >= 11 is 0. The minimum Gasteiger partial charge on any atom is -0.487 e. The highest BCUT2D eigenvalue weighted by Crippen LogP contribution is 2.41. The molecule has 1 aliphatic heterocycles. The standard InChI is InChI=1S/C18H21NO/c1-2-18(12-14-8-4-3-5-9-14)13-16(19)15-10-6-7-11-17(15)20-18/h3-11,16H,2,12-13,19H2,1H3/t16-,18?/m1/s1. The average molecular weight is 267 g/mol. The Morgan fingerprint density at radius 3 is 2.55 bits per heavy atom. The van der Waals surface area contributed by atoms with Gasteiger partial charge in [-0.3, -0.25) is 0 Å². The van der Waals surface area contributed by atoms with Crippen molar-refractivity contribution in [1.82, 2.24) is 0 Å². The van der Waals surface area contributed by atoms with Crippen LogP contribution in [0, 0.1) is 0 Å². The van der Waals surface area contributed by atoms with E-state index in [0.29, 0.717) is 0 Å². The molecule has 0 aromatic heterocycles. The molecule has 2 nitrogen and oxygen atoms in total. The number of benzene rings is 2. The highest BCUT2D eigenvalue weighted by atomic mass is 16.5. The van der Waals surface area contributed by atoms with E-state index < -0.39 is 0 Å². The van der Waals surface area contributed by atoms with Crippen LogP contribution in [0.4, 0.5) is 0 Å². The third-order valence-electron chi connectivity index (χ3n) is 4.25. The highest BCUT2D eigenvalue weighted by molar-refractivity contribution is 5.39. The predicted molar refractivity (Wildman–Crippen MR) is 81.8 cm³/mol. The van der Waals surface area contributed by atoms with Crippen molar-refractivity contribution in [3.05, 3.63) is 65.7 Å². The fourth-order valence-corrected chi connectivity index (χ4v) is 3.08. The molecular weight excluding hydrogens is 246 g/mol. The van der Waals surface area contributed by atoms with E-state index in [0.717, 1.165) is 30.6 Å². The summed E-state index contributed by atoms with van der Waals surface area (Å²) in [6.07, 6.45) is 2.74. The SMILES string of the molecule is CCC1(Cc2ccccc2)C[C@@H](N)c2ccccc2O1. The third kappa shape index (κ3) is 2.44. The van der Waals surface area contributed by atoms with Crippen LogP contribution in [0.1, 0.15) is 36.9 Å². The minimum atomic E-state index is -0.185. The second-order valence-corrected chi connectivity index (χ2v) is 5.65. The second kappa shape index (κ2) is 5.29. The molecule has 2 aromatic rings.